The molecule has 3 N–H and O–H groups in total. The van der Waals surface area contributed by atoms with Crippen LogP contribution in [-0.4, -0.2) is 18.2 Å². The number of hydrogen-bond acceptors (Lipinski definition) is 3. The van der Waals surface area contributed by atoms with E-state index >= 15 is 0 Å². The molecule has 0 aliphatic carbocycles. The minimum atomic E-state index is -0.529. The van der Waals surface area contributed by atoms with E-state index in [4.69, 9.17) is 22.1 Å². The van der Waals surface area contributed by atoms with Crippen LogP contribution >= 0.6 is 11.6 Å². The van der Waals surface area contributed by atoms with Crippen LogP contribution in [0.4, 0.5) is 4.79 Å². The number of carbonyl (C=O) groups is 1. The average molecular weight is 285 g/mol. The van der Waals surface area contributed by atoms with Gasteiger partial charge in [-0.15, -0.1) is 0 Å². The van der Waals surface area contributed by atoms with Crippen molar-refractivity contribution in [3.8, 4) is 0 Å². The molecule has 0 saturated heterocycles. The Morgan fingerprint density at radius 1 is 1.47 bits per heavy atom. The van der Waals surface area contributed by atoms with E-state index in [1.54, 1.807) is 6.07 Å². The van der Waals surface area contributed by atoms with Gasteiger partial charge in [0.1, 0.15) is 5.60 Å². The Labute approximate surface area is 119 Å². The van der Waals surface area contributed by atoms with Gasteiger partial charge in [0.2, 0.25) is 0 Å². The Bertz CT molecular complexity index is 455. The zero-order chi connectivity index (χ0) is 14.6. The minimum absolute atomic E-state index is 0.285. The summed E-state index contributed by atoms with van der Waals surface area (Å²) in [5, 5.41) is 3.43. The zero-order valence-electron chi connectivity index (χ0n) is 11.8. The lowest BCUT2D eigenvalue weighted by Crippen LogP contribution is -2.38. The second-order valence-corrected chi connectivity index (χ2v) is 5.87. The average Bonchev–Trinajstić information content (AvgIpc) is 2.24. The molecule has 1 atom stereocenters. The van der Waals surface area contributed by atoms with Gasteiger partial charge in [-0.05, 0) is 51.0 Å². The standard InChI is InChI=1S/C14H21ClN2O2/c1-9-7-10(15)5-6-11(9)12(8-16)17-13(18)19-14(2,3)4/h5-7,12H,8,16H2,1-4H3,(H,17,18). The molecule has 0 heterocycles. The first-order valence-corrected chi connectivity index (χ1v) is 6.56. The van der Waals surface area contributed by atoms with Gasteiger partial charge in [0.15, 0.2) is 0 Å². The molecule has 0 saturated carbocycles. The Hall–Kier alpha value is -1.26. The van der Waals surface area contributed by atoms with E-state index in [1.165, 1.54) is 0 Å². The van der Waals surface area contributed by atoms with Crippen molar-refractivity contribution in [1.29, 1.82) is 0 Å². The quantitative estimate of drug-likeness (QED) is 0.896. The molecule has 19 heavy (non-hydrogen) atoms. The number of nitrogens with one attached hydrogen (secondary N) is 1. The highest BCUT2D eigenvalue weighted by Crippen LogP contribution is 2.21. The normalized spacial score (nSPS) is 12.9. The molecule has 0 aliphatic heterocycles. The van der Waals surface area contributed by atoms with Crippen LogP contribution < -0.4 is 11.1 Å². The summed E-state index contributed by atoms with van der Waals surface area (Å²) in [4.78, 5) is 11.8. The Kier molecular flexibility index (Phi) is 5.20. The summed E-state index contributed by atoms with van der Waals surface area (Å²) < 4.78 is 5.22. The van der Waals surface area contributed by atoms with E-state index in [-0.39, 0.29) is 6.04 Å². The van der Waals surface area contributed by atoms with Crippen molar-refractivity contribution in [3.05, 3.63) is 34.3 Å². The van der Waals surface area contributed by atoms with Gasteiger partial charge in [-0.2, -0.15) is 0 Å². The fourth-order valence-corrected chi connectivity index (χ4v) is 1.97. The van der Waals surface area contributed by atoms with Crippen molar-refractivity contribution in [2.75, 3.05) is 6.54 Å². The van der Waals surface area contributed by atoms with Crippen LogP contribution in [0.1, 0.15) is 37.9 Å². The lowest BCUT2D eigenvalue weighted by atomic mass is 10.0. The fourth-order valence-electron chi connectivity index (χ4n) is 1.74. The summed E-state index contributed by atoms with van der Waals surface area (Å²) in [6.07, 6.45) is -0.475. The predicted molar refractivity (Wildman–Crippen MR) is 77.4 cm³/mol. The fraction of sp³-hybridized carbons (Fsp3) is 0.500. The lowest BCUT2D eigenvalue weighted by molar-refractivity contribution is 0.0505. The monoisotopic (exact) mass is 284 g/mol. The highest BCUT2D eigenvalue weighted by atomic mass is 35.5. The van der Waals surface area contributed by atoms with E-state index in [9.17, 15) is 4.79 Å². The predicted octanol–water partition coefficient (Wildman–Crippen LogP) is 3.17. The summed E-state index contributed by atoms with van der Waals surface area (Å²) in [5.74, 6) is 0. The van der Waals surface area contributed by atoms with Gasteiger partial charge in [-0.1, -0.05) is 17.7 Å². The third-order valence-electron chi connectivity index (χ3n) is 2.53. The minimum Gasteiger partial charge on any atom is -0.444 e. The van der Waals surface area contributed by atoms with Crippen LogP contribution in [0.3, 0.4) is 0 Å². The van der Waals surface area contributed by atoms with Gasteiger partial charge < -0.3 is 15.8 Å². The van der Waals surface area contributed by atoms with Crippen molar-refractivity contribution in [3.63, 3.8) is 0 Å². The molecule has 4 nitrogen and oxygen atoms in total. The number of nitrogens with two attached hydrogens (primary N) is 1. The van der Waals surface area contributed by atoms with Gasteiger partial charge in [0, 0.05) is 11.6 Å². The van der Waals surface area contributed by atoms with Crippen molar-refractivity contribution in [1.82, 2.24) is 5.32 Å². The third-order valence-corrected chi connectivity index (χ3v) is 2.77. The maximum Gasteiger partial charge on any atom is 0.408 e. The molecular weight excluding hydrogens is 264 g/mol. The smallest absolute Gasteiger partial charge is 0.408 e. The summed E-state index contributed by atoms with van der Waals surface area (Å²) in [6, 6.07) is 5.21. The lowest BCUT2D eigenvalue weighted by Gasteiger charge is -2.24. The van der Waals surface area contributed by atoms with Crippen molar-refractivity contribution < 1.29 is 9.53 Å². The molecule has 0 fully saturated rings. The number of ether oxygens (including phenoxy) is 1. The van der Waals surface area contributed by atoms with Crippen LogP contribution in [0.25, 0.3) is 0 Å². The topological polar surface area (TPSA) is 64.3 Å². The van der Waals surface area contributed by atoms with Crippen molar-refractivity contribution >= 4 is 17.7 Å². The van der Waals surface area contributed by atoms with Crippen LogP contribution in [0, 0.1) is 6.92 Å². The third kappa shape index (κ3) is 5.09. The van der Waals surface area contributed by atoms with Crippen LogP contribution in [0.15, 0.2) is 18.2 Å². The van der Waals surface area contributed by atoms with E-state index in [0.717, 1.165) is 11.1 Å². The second-order valence-electron chi connectivity index (χ2n) is 5.44. The second kappa shape index (κ2) is 6.26. The number of alkyl carbamates (subject to hydrolysis) is 1. The Morgan fingerprint density at radius 3 is 2.58 bits per heavy atom. The van der Waals surface area contributed by atoms with Gasteiger partial charge in [-0.25, -0.2) is 4.79 Å². The van der Waals surface area contributed by atoms with Crippen LogP contribution in [-0.2, 0) is 4.74 Å². The highest BCUT2D eigenvalue weighted by molar-refractivity contribution is 6.30. The molecule has 0 aliphatic rings. The number of halogens is 1. The van der Waals surface area contributed by atoms with Gasteiger partial charge in [-0.3, -0.25) is 0 Å². The largest absolute Gasteiger partial charge is 0.444 e. The molecule has 1 rings (SSSR count). The SMILES string of the molecule is Cc1cc(Cl)ccc1C(CN)NC(=O)OC(C)(C)C. The molecule has 0 bridgehead atoms. The summed E-state index contributed by atoms with van der Waals surface area (Å²) in [5.41, 5.74) is 7.12. The number of aryl methyl sites for hydroxylation is 1. The van der Waals surface area contributed by atoms with Gasteiger partial charge >= 0.3 is 6.09 Å². The first-order valence-electron chi connectivity index (χ1n) is 6.18. The number of amides is 1. The Morgan fingerprint density at radius 2 is 2.11 bits per heavy atom. The summed E-state index contributed by atoms with van der Waals surface area (Å²) in [6.45, 7) is 7.68. The molecule has 0 spiro atoms. The van der Waals surface area contributed by atoms with Crippen LogP contribution in [0.2, 0.25) is 5.02 Å². The highest BCUT2D eigenvalue weighted by Gasteiger charge is 2.20. The molecule has 5 heteroatoms. The van der Waals surface area contributed by atoms with Gasteiger partial charge in [0.05, 0.1) is 6.04 Å². The molecule has 1 amide bonds. The van der Waals surface area contributed by atoms with E-state index < -0.39 is 11.7 Å². The van der Waals surface area contributed by atoms with Crippen molar-refractivity contribution in [2.24, 2.45) is 5.73 Å². The number of carbonyl (C=O) groups excluding carboxylic acids is 1. The number of hydrogen-bond donors (Lipinski definition) is 2. The molecule has 1 aromatic carbocycles. The first kappa shape index (κ1) is 15.8. The zero-order valence-corrected chi connectivity index (χ0v) is 12.5. The summed E-state index contributed by atoms with van der Waals surface area (Å²) in [7, 11) is 0. The Balaban J connectivity index is 2.81. The van der Waals surface area contributed by atoms with Crippen molar-refractivity contribution in [2.45, 2.75) is 39.3 Å². The molecule has 1 unspecified atom stereocenters. The molecule has 106 valence electrons. The summed E-state index contributed by atoms with van der Waals surface area (Å²) >= 11 is 5.91. The molecule has 0 aromatic heterocycles. The number of benzene rings is 1. The molecule has 0 radical (unpaired) electrons. The maximum absolute atomic E-state index is 11.8. The van der Waals surface area contributed by atoms with Crippen LogP contribution in [0.5, 0.6) is 0 Å². The molecule has 1 aromatic rings. The van der Waals surface area contributed by atoms with E-state index in [2.05, 4.69) is 5.32 Å². The number of rotatable bonds is 3. The van der Waals surface area contributed by atoms with E-state index in [0.29, 0.717) is 11.6 Å². The molecular formula is C14H21ClN2O2. The first-order chi connectivity index (χ1) is 8.73. The maximum atomic E-state index is 11.8. The van der Waals surface area contributed by atoms with Gasteiger partial charge in [0.25, 0.3) is 0 Å². The van der Waals surface area contributed by atoms with E-state index in [1.807, 2.05) is 39.8 Å².